The number of aromatic nitrogens is 1. The van der Waals surface area contributed by atoms with Crippen molar-refractivity contribution < 1.29 is 27.4 Å². The van der Waals surface area contributed by atoms with Crippen LogP contribution in [0.2, 0.25) is 0 Å². The molecule has 0 bridgehead atoms. The SMILES string of the molecule is COc1ccc([C@@H]2c3cccn3CCCN2Cc2ccccc2C(F)(F)F)c(OC)c1OC. The molecule has 176 valence electrons. The van der Waals surface area contributed by atoms with Crippen molar-refractivity contribution in [1.82, 2.24) is 9.47 Å². The van der Waals surface area contributed by atoms with Crippen LogP contribution in [0.15, 0.2) is 54.7 Å². The van der Waals surface area contributed by atoms with E-state index in [1.165, 1.54) is 13.2 Å². The average molecular weight is 460 g/mol. The molecule has 33 heavy (non-hydrogen) atoms. The van der Waals surface area contributed by atoms with Gasteiger partial charge in [-0.25, -0.2) is 0 Å². The Morgan fingerprint density at radius 1 is 0.879 bits per heavy atom. The Morgan fingerprint density at radius 3 is 2.33 bits per heavy atom. The first-order chi connectivity index (χ1) is 15.9. The Bertz CT molecular complexity index is 1110. The highest BCUT2D eigenvalue weighted by Crippen LogP contribution is 2.46. The minimum absolute atomic E-state index is 0.142. The molecule has 1 aromatic heterocycles. The number of methoxy groups -OCH3 is 3. The molecule has 0 saturated heterocycles. The van der Waals surface area contributed by atoms with Gasteiger partial charge in [0, 0.05) is 37.1 Å². The molecule has 0 N–H and O–H groups in total. The smallest absolute Gasteiger partial charge is 0.416 e. The Kier molecular flexibility index (Phi) is 6.56. The third kappa shape index (κ3) is 4.39. The number of hydrogen-bond acceptors (Lipinski definition) is 4. The van der Waals surface area contributed by atoms with E-state index in [0.29, 0.717) is 23.8 Å². The first-order valence-corrected chi connectivity index (χ1v) is 10.7. The summed E-state index contributed by atoms with van der Waals surface area (Å²) in [5.74, 6) is 1.48. The molecule has 0 spiro atoms. The molecule has 0 amide bonds. The predicted molar refractivity (Wildman–Crippen MR) is 119 cm³/mol. The molecule has 2 heterocycles. The third-order valence-corrected chi connectivity index (χ3v) is 6.08. The maximum absolute atomic E-state index is 13.7. The molecule has 5 nitrogen and oxygen atoms in total. The van der Waals surface area contributed by atoms with Crippen molar-refractivity contribution in [2.45, 2.75) is 31.7 Å². The molecule has 3 aromatic rings. The van der Waals surface area contributed by atoms with Crippen LogP contribution in [0.1, 0.15) is 34.8 Å². The highest BCUT2D eigenvalue weighted by Gasteiger charge is 2.36. The summed E-state index contributed by atoms with van der Waals surface area (Å²) in [5.41, 5.74) is 1.43. The molecule has 1 atom stereocenters. The van der Waals surface area contributed by atoms with Crippen molar-refractivity contribution in [3.8, 4) is 17.2 Å². The standard InChI is InChI=1S/C25H27F3N2O3/c1-31-21-12-11-18(23(32-2)24(21)33-3)22-20-10-6-13-29(20)14-7-15-30(22)16-17-8-4-5-9-19(17)25(26,27)28/h4-6,8-13,22H,7,14-16H2,1-3H3/t22-/m1/s1. The van der Waals surface area contributed by atoms with Crippen molar-refractivity contribution in [2.24, 2.45) is 0 Å². The second kappa shape index (κ2) is 9.39. The lowest BCUT2D eigenvalue weighted by Gasteiger charge is -2.32. The van der Waals surface area contributed by atoms with Gasteiger partial charge in [0.1, 0.15) is 0 Å². The summed E-state index contributed by atoms with van der Waals surface area (Å²) in [4.78, 5) is 2.08. The van der Waals surface area contributed by atoms with Gasteiger partial charge in [0.2, 0.25) is 5.75 Å². The highest BCUT2D eigenvalue weighted by atomic mass is 19.4. The van der Waals surface area contributed by atoms with Gasteiger partial charge in [-0.1, -0.05) is 18.2 Å². The summed E-state index contributed by atoms with van der Waals surface area (Å²) in [6, 6.07) is 13.1. The van der Waals surface area contributed by atoms with Gasteiger partial charge < -0.3 is 18.8 Å². The van der Waals surface area contributed by atoms with Gasteiger partial charge in [-0.2, -0.15) is 13.2 Å². The molecule has 0 aliphatic carbocycles. The summed E-state index contributed by atoms with van der Waals surface area (Å²) in [6.07, 6.45) is -1.61. The third-order valence-electron chi connectivity index (χ3n) is 6.08. The highest BCUT2D eigenvalue weighted by molar-refractivity contribution is 5.58. The van der Waals surface area contributed by atoms with Crippen LogP contribution in [0, 0.1) is 0 Å². The van der Waals surface area contributed by atoms with Crippen molar-refractivity contribution in [3.63, 3.8) is 0 Å². The van der Waals surface area contributed by atoms with Crippen LogP contribution in [-0.2, 0) is 19.3 Å². The van der Waals surface area contributed by atoms with Gasteiger partial charge in [-0.05, 0) is 42.3 Å². The summed E-state index contributed by atoms with van der Waals surface area (Å²) in [5, 5.41) is 0. The van der Waals surface area contributed by atoms with Crippen LogP contribution in [0.25, 0.3) is 0 Å². The van der Waals surface area contributed by atoms with Crippen LogP contribution < -0.4 is 14.2 Å². The fourth-order valence-corrected chi connectivity index (χ4v) is 4.66. The molecule has 1 aliphatic rings. The Labute approximate surface area is 191 Å². The average Bonchev–Trinajstić information content (AvgIpc) is 3.19. The first kappa shape index (κ1) is 23.0. The van der Waals surface area contributed by atoms with E-state index in [9.17, 15) is 13.2 Å². The Morgan fingerprint density at radius 2 is 1.64 bits per heavy atom. The maximum atomic E-state index is 13.7. The molecule has 4 rings (SSSR count). The summed E-state index contributed by atoms with van der Waals surface area (Å²) < 4.78 is 60.1. The number of halogens is 3. The number of alkyl halides is 3. The van der Waals surface area contributed by atoms with Crippen molar-refractivity contribution in [2.75, 3.05) is 27.9 Å². The van der Waals surface area contributed by atoms with Crippen LogP contribution in [0.5, 0.6) is 17.2 Å². The second-order valence-electron chi connectivity index (χ2n) is 7.93. The van der Waals surface area contributed by atoms with Gasteiger partial charge in [0.05, 0.1) is 32.9 Å². The van der Waals surface area contributed by atoms with E-state index in [2.05, 4.69) is 9.47 Å². The summed E-state index contributed by atoms with van der Waals surface area (Å²) in [6.45, 7) is 1.55. The van der Waals surface area contributed by atoms with Crippen molar-refractivity contribution in [1.29, 1.82) is 0 Å². The number of hydrogen-bond donors (Lipinski definition) is 0. The van der Waals surface area contributed by atoms with Crippen LogP contribution in [0.3, 0.4) is 0 Å². The molecule has 8 heteroatoms. The Balaban J connectivity index is 1.86. The lowest BCUT2D eigenvalue weighted by Crippen LogP contribution is -2.30. The van der Waals surface area contributed by atoms with Gasteiger partial charge >= 0.3 is 6.18 Å². The largest absolute Gasteiger partial charge is 0.493 e. The van der Waals surface area contributed by atoms with E-state index in [1.807, 2.05) is 24.4 Å². The first-order valence-electron chi connectivity index (χ1n) is 10.7. The Hall–Kier alpha value is -3.13. The molecular weight excluding hydrogens is 433 g/mol. The number of aryl methyl sites for hydroxylation is 1. The topological polar surface area (TPSA) is 35.9 Å². The van der Waals surface area contributed by atoms with Gasteiger partial charge in [0.15, 0.2) is 11.5 Å². The normalized spacial score (nSPS) is 16.7. The van der Waals surface area contributed by atoms with E-state index >= 15 is 0 Å². The number of fused-ring (bicyclic) bond motifs is 1. The van der Waals surface area contributed by atoms with Gasteiger partial charge in [-0.15, -0.1) is 0 Å². The lowest BCUT2D eigenvalue weighted by atomic mass is 9.98. The molecule has 0 unspecified atom stereocenters. The fraction of sp³-hybridized carbons (Fsp3) is 0.360. The zero-order chi connectivity index (χ0) is 23.6. The van der Waals surface area contributed by atoms with Gasteiger partial charge in [-0.3, -0.25) is 4.90 Å². The van der Waals surface area contributed by atoms with E-state index in [1.54, 1.807) is 32.4 Å². The minimum atomic E-state index is -4.42. The van der Waals surface area contributed by atoms with Gasteiger partial charge in [0.25, 0.3) is 0 Å². The van der Waals surface area contributed by atoms with E-state index in [0.717, 1.165) is 30.3 Å². The molecule has 2 aromatic carbocycles. The number of nitrogens with zero attached hydrogens (tertiary/aromatic N) is 2. The van der Waals surface area contributed by atoms with E-state index < -0.39 is 11.7 Å². The van der Waals surface area contributed by atoms with Crippen LogP contribution >= 0.6 is 0 Å². The fourth-order valence-electron chi connectivity index (χ4n) is 4.66. The summed E-state index contributed by atoms with van der Waals surface area (Å²) in [7, 11) is 4.64. The zero-order valence-electron chi connectivity index (χ0n) is 18.9. The number of benzene rings is 2. The number of rotatable bonds is 6. The quantitative estimate of drug-likeness (QED) is 0.485. The van der Waals surface area contributed by atoms with Crippen LogP contribution in [0.4, 0.5) is 13.2 Å². The van der Waals surface area contributed by atoms with Crippen LogP contribution in [-0.4, -0.2) is 37.3 Å². The maximum Gasteiger partial charge on any atom is 0.416 e. The van der Waals surface area contributed by atoms with E-state index in [4.69, 9.17) is 14.2 Å². The molecule has 0 fully saturated rings. The monoisotopic (exact) mass is 460 g/mol. The predicted octanol–water partition coefficient (Wildman–Crippen LogP) is 5.53. The molecular formula is C25H27F3N2O3. The van der Waals surface area contributed by atoms with E-state index in [-0.39, 0.29) is 18.2 Å². The van der Waals surface area contributed by atoms with Crippen molar-refractivity contribution in [3.05, 3.63) is 77.1 Å². The summed E-state index contributed by atoms with van der Waals surface area (Å²) >= 11 is 0. The molecule has 0 saturated carbocycles. The minimum Gasteiger partial charge on any atom is -0.493 e. The molecule has 1 aliphatic heterocycles. The number of ether oxygens (including phenoxy) is 3. The lowest BCUT2D eigenvalue weighted by molar-refractivity contribution is -0.138. The second-order valence-corrected chi connectivity index (χ2v) is 7.93. The zero-order valence-corrected chi connectivity index (χ0v) is 18.9. The van der Waals surface area contributed by atoms with Crippen molar-refractivity contribution >= 4 is 0 Å². The molecule has 0 radical (unpaired) electrons.